The number of ether oxygens (including phenoxy) is 2. The van der Waals surface area contributed by atoms with Gasteiger partial charge in [-0.3, -0.25) is 0 Å². The van der Waals surface area contributed by atoms with Crippen LogP contribution in [0.2, 0.25) is 5.02 Å². The van der Waals surface area contributed by atoms with Crippen molar-refractivity contribution in [3.8, 4) is 17.4 Å². The second-order valence-electron chi connectivity index (χ2n) is 9.08. The fourth-order valence-electron chi connectivity index (χ4n) is 4.60. The van der Waals surface area contributed by atoms with Gasteiger partial charge in [0.15, 0.2) is 11.2 Å². The smallest absolute Gasteiger partial charge is 0.252 e. The van der Waals surface area contributed by atoms with Gasteiger partial charge in [-0.2, -0.15) is 9.97 Å². The Kier molecular flexibility index (Phi) is 6.73. The van der Waals surface area contributed by atoms with Crippen LogP contribution in [0, 0.1) is 0 Å². The molecular weight excluding hydrogens is 514 g/mol. The molecule has 0 radical (unpaired) electrons. The molecule has 0 unspecified atom stereocenters. The number of nitrogens with two attached hydrogens (primary N) is 1. The highest BCUT2D eigenvalue weighted by Crippen LogP contribution is 2.34. The molecule has 0 saturated carbocycles. The summed E-state index contributed by atoms with van der Waals surface area (Å²) < 4.78 is 13.4. The Morgan fingerprint density at radius 1 is 0.897 bits per heavy atom. The van der Waals surface area contributed by atoms with Crippen LogP contribution in [0.5, 0.6) is 17.4 Å². The summed E-state index contributed by atoms with van der Waals surface area (Å²) in [6.45, 7) is 1.49. The minimum atomic E-state index is 0.142. The van der Waals surface area contributed by atoms with Gasteiger partial charge in [0, 0.05) is 28.9 Å². The Morgan fingerprint density at radius 2 is 1.77 bits per heavy atom. The molecule has 3 aromatic heterocycles. The Morgan fingerprint density at radius 3 is 2.62 bits per heavy atom. The average Bonchev–Trinajstić information content (AvgIpc) is 3.35. The third-order valence-electron chi connectivity index (χ3n) is 6.48. The summed E-state index contributed by atoms with van der Waals surface area (Å²) >= 11 is 6.25. The third-order valence-corrected chi connectivity index (χ3v) is 6.71. The monoisotopic (exact) mass is 539 g/mol. The highest BCUT2D eigenvalue weighted by Gasteiger charge is 2.15. The number of rotatable bonds is 9. The van der Waals surface area contributed by atoms with E-state index >= 15 is 0 Å². The molecule has 0 atom stereocenters. The van der Waals surface area contributed by atoms with E-state index in [0.717, 1.165) is 59.2 Å². The zero-order valence-electron chi connectivity index (χ0n) is 21.3. The number of benzene rings is 3. The van der Waals surface area contributed by atoms with Gasteiger partial charge >= 0.3 is 0 Å². The van der Waals surface area contributed by atoms with Crippen molar-refractivity contribution < 1.29 is 9.47 Å². The molecule has 6 rings (SSSR count). The molecule has 0 amide bonds. The number of aryl methyl sites for hydroxylation is 1. The molecule has 39 heavy (non-hydrogen) atoms. The number of imidazole rings is 1. The van der Waals surface area contributed by atoms with E-state index in [4.69, 9.17) is 31.8 Å². The van der Waals surface area contributed by atoms with Gasteiger partial charge < -0.3 is 25.1 Å². The molecule has 0 fully saturated rings. The van der Waals surface area contributed by atoms with E-state index in [1.54, 1.807) is 13.4 Å². The van der Waals surface area contributed by atoms with Crippen molar-refractivity contribution in [3.63, 3.8) is 0 Å². The van der Waals surface area contributed by atoms with Crippen LogP contribution in [0.4, 0.5) is 11.6 Å². The summed E-state index contributed by atoms with van der Waals surface area (Å²) in [5, 5.41) is 6.31. The molecule has 0 aliphatic carbocycles. The van der Waals surface area contributed by atoms with Crippen molar-refractivity contribution in [2.75, 3.05) is 24.7 Å². The SMILES string of the molecule is COc1ccc2nc3cc(Cl)ccc3c(NCCCCn3cnc4c(Oc5ccccc5)nc(N)nc43)c2c1. The second kappa shape index (κ2) is 10.6. The molecule has 6 aromatic rings. The minimum Gasteiger partial charge on any atom is -0.497 e. The maximum atomic E-state index is 6.25. The van der Waals surface area contributed by atoms with Crippen LogP contribution in [0.15, 0.2) is 73.1 Å². The van der Waals surface area contributed by atoms with Crippen molar-refractivity contribution in [3.05, 3.63) is 78.1 Å². The summed E-state index contributed by atoms with van der Waals surface area (Å²) in [6.07, 6.45) is 3.56. The number of halogens is 1. The molecule has 9 nitrogen and oxygen atoms in total. The summed E-state index contributed by atoms with van der Waals surface area (Å²) in [4.78, 5) is 18.0. The van der Waals surface area contributed by atoms with E-state index < -0.39 is 0 Å². The molecule has 196 valence electrons. The molecule has 3 heterocycles. The Labute approximate surface area is 229 Å². The summed E-state index contributed by atoms with van der Waals surface area (Å²) in [5.41, 5.74) is 9.96. The van der Waals surface area contributed by atoms with E-state index in [-0.39, 0.29) is 5.95 Å². The average molecular weight is 540 g/mol. The van der Waals surface area contributed by atoms with Crippen LogP contribution in [-0.2, 0) is 6.54 Å². The van der Waals surface area contributed by atoms with Crippen LogP contribution < -0.4 is 20.5 Å². The van der Waals surface area contributed by atoms with Crippen LogP contribution >= 0.6 is 11.6 Å². The number of nitrogens with one attached hydrogen (secondary N) is 1. The molecule has 3 aromatic carbocycles. The normalized spacial score (nSPS) is 11.3. The molecule has 0 saturated heterocycles. The number of fused-ring (bicyclic) bond motifs is 3. The lowest BCUT2D eigenvalue weighted by Crippen LogP contribution is -2.06. The van der Waals surface area contributed by atoms with E-state index in [1.807, 2.05) is 71.3 Å². The maximum Gasteiger partial charge on any atom is 0.252 e. The number of hydrogen-bond acceptors (Lipinski definition) is 8. The van der Waals surface area contributed by atoms with Gasteiger partial charge in [0.25, 0.3) is 5.88 Å². The highest BCUT2D eigenvalue weighted by molar-refractivity contribution is 6.31. The first-order chi connectivity index (χ1) is 19.1. The molecule has 0 spiro atoms. The number of nitrogen functional groups attached to an aromatic ring is 1. The number of hydrogen-bond donors (Lipinski definition) is 2. The number of nitrogens with zero attached hydrogens (tertiary/aromatic N) is 5. The molecular formula is C29H26ClN7O2. The first-order valence-corrected chi connectivity index (χ1v) is 13.0. The first-order valence-electron chi connectivity index (χ1n) is 12.6. The molecule has 0 aliphatic rings. The quantitative estimate of drug-likeness (QED) is 0.159. The van der Waals surface area contributed by atoms with Gasteiger partial charge in [0.05, 0.1) is 30.2 Å². The van der Waals surface area contributed by atoms with Gasteiger partial charge in [-0.05, 0) is 61.4 Å². The predicted molar refractivity (Wildman–Crippen MR) is 155 cm³/mol. The Bertz CT molecular complexity index is 1790. The number of pyridine rings is 1. The summed E-state index contributed by atoms with van der Waals surface area (Å²) in [5.74, 6) is 1.93. The topological polar surface area (TPSA) is 113 Å². The largest absolute Gasteiger partial charge is 0.497 e. The summed E-state index contributed by atoms with van der Waals surface area (Å²) in [6, 6.07) is 21.1. The lowest BCUT2D eigenvalue weighted by Gasteiger charge is -2.14. The third kappa shape index (κ3) is 5.08. The standard InChI is InChI=1S/C29H26ClN7O2/c1-38-20-10-12-23-22(16-20)25(21-11-9-18(30)15-24(21)34-23)32-13-5-6-14-37-17-33-26-27(37)35-29(31)36-28(26)39-19-7-3-2-4-8-19/h2-4,7-12,15-17H,5-6,13-14H2,1H3,(H,32,34)(H2,31,35,36). The summed E-state index contributed by atoms with van der Waals surface area (Å²) in [7, 11) is 1.66. The number of methoxy groups -OCH3 is 1. The minimum absolute atomic E-state index is 0.142. The van der Waals surface area contributed by atoms with E-state index in [1.165, 1.54) is 0 Å². The number of aromatic nitrogens is 5. The molecule has 3 N–H and O–H groups in total. The first kappa shape index (κ1) is 24.7. The number of unbranched alkanes of at least 4 members (excludes halogenated alkanes) is 1. The van der Waals surface area contributed by atoms with Crippen molar-refractivity contribution in [1.82, 2.24) is 24.5 Å². The van der Waals surface area contributed by atoms with Crippen molar-refractivity contribution in [2.24, 2.45) is 0 Å². The molecule has 0 aliphatic heterocycles. The zero-order chi connectivity index (χ0) is 26.8. The van der Waals surface area contributed by atoms with Gasteiger partial charge in [0.1, 0.15) is 11.5 Å². The maximum absolute atomic E-state index is 6.25. The zero-order valence-corrected chi connectivity index (χ0v) is 22.0. The van der Waals surface area contributed by atoms with Gasteiger partial charge in [-0.15, -0.1) is 0 Å². The molecule has 0 bridgehead atoms. The Hall–Kier alpha value is -4.63. The van der Waals surface area contributed by atoms with Crippen LogP contribution in [0.3, 0.4) is 0 Å². The van der Waals surface area contributed by atoms with Crippen molar-refractivity contribution in [1.29, 1.82) is 0 Å². The fraction of sp³-hybridized carbons (Fsp3) is 0.172. The lowest BCUT2D eigenvalue weighted by atomic mass is 10.1. The van der Waals surface area contributed by atoms with E-state index in [9.17, 15) is 0 Å². The highest BCUT2D eigenvalue weighted by atomic mass is 35.5. The van der Waals surface area contributed by atoms with Crippen molar-refractivity contribution >= 4 is 56.2 Å². The number of anilines is 2. The van der Waals surface area contributed by atoms with E-state index in [0.29, 0.717) is 27.8 Å². The van der Waals surface area contributed by atoms with Crippen LogP contribution in [0.1, 0.15) is 12.8 Å². The van der Waals surface area contributed by atoms with Gasteiger partial charge in [0.2, 0.25) is 5.95 Å². The van der Waals surface area contributed by atoms with Gasteiger partial charge in [-0.25, -0.2) is 9.97 Å². The Balaban J connectivity index is 1.18. The van der Waals surface area contributed by atoms with E-state index in [2.05, 4.69) is 20.3 Å². The predicted octanol–water partition coefficient (Wildman–Crippen LogP) is 6.46. The molecule has 10 heteroatoms. The number of para-hydroxylation sites is 1. The fourth-order valence-corrected chi connectivity index (χ4v) is 4.77. The van der Waals surface area contributed by atoms with Gasteiger partial charge in [-0.1, -0.05) is 29.8 Å². The van der Waals surface area contributed by atoms with Crippen LogP contribution in [0.25, 0.3) is 33.0 Å². The lowest BCUT2D eigenvalue weighted by molar-refractivity contribution is 0.415. The van der Waals surface area contributed by atoms with Crippen LogP contribution in [-0.4, -0.2) is 38.2 Å². The second-order valence-corrected chi connectivity index (χ2v) is 9.51. The van der Waals surface area contributed by atoms with Crippen molar-refractivity contribution in [2.45, 2.75) is 19.4 Å².